The number of ketones is 2. The Morgan fingerprint density at radius 1 is 0.958 bits per heavy atom. The zero-order chi connectivity index (χ0) is 16.8. The van der Waals surface area contributed by atoms with E-state index in [4.69, 9.17) is 9.26 Å². The zero-order valence-corrected chi connectivity index (χ0v) is 12.6. The van der Waals surface area contributed by atoms with E-state index in [9.17, 15) is 14.7 Å². The quantitative estimate of drug-likeness (QED) is 0.610. The average molecular weight is 321 g/mol. The van der Waals surface area contributed by atoms with Crippen LogP contribution >= 0.6 is 0 Å². The molecule has 0 spiro atoms. The Labute approximate surface area is 136 Å². The number of hydrogen-bond acceptors (Lipinski definition) is 6. The number of methoxy groups -OCH3 is 1. The molecular formula is C18H11NO5. The highest BCUT2D eigenvalue weighted by Crippen LogP contribution is 2.40. The van der Waals surface area contributed by atoms with Gasteiger partial charge in [-0.3, -0.25) is 9.59 Å². The molecule has 0 atom stereocenters. The topological polar surface area (TPSA) is 89.6 Å². The van der Waals surface area contributed by atoms with Gasteiger partial charge in [0.05, 0.1) is 18.2 Å². The fourth-order valence-corrected chi connectivity index (χ4v) is 2.89. The lowest BCUT2D eigenvalue weighted by Gasteiger charge is -2.17. The second kappa shape index (κ2) is 5.06. The van der Waals surface area contributed by atoms with Crippen LogP contribution < -0.4 is 4.74 Å². The van der Waals surface area contributed by atoms with E-state index < -0.39 is 11.6 Å². The smallest absolute Gasteiger partial charge is 0.236 e. The van der Waals surface area contributed by atoms with Crippen molar-refractivity contribution in [2.75, 3.05) is 7.11 Å². The summed E-state index contributed by atoms with van der Waals surface area (Å²) in [6.07, 6.45) is 0. The number of hydrogen-bond donors (Lipinski definition) is 1. The molecule has 6 nitrogen and oxygen atoms in total. The van der Waals surface area contributed by atoms with Crippen LogP contribution in [0.5, 0.6) is 11.5 Å². The Hall–Kier alpha value is -3.41. The second-order valence-corrected chi connectivity index (χ2v) is 5.30. The SMILES string of the molecule is COc1ccc(O)c2c1C(=O)c1c(-c3ccccc3)noc1C2=O. The van der Waals surface area contributed by atoms with Gasteiger partial charge in [0.15, 0.2) is 0 Å². The molecule has 1 aliphatic rings. The number of aromatic hydroxyl groups is 1. The van der Waals surface area contributed by atoms with Crippen molar-refractivity contribution in [1.29, 1.82) is 0 Å². The summed E-state index contributed by atoms with van der Waals surface area (Å²) in [5.74, 6) is -1.31. The van der Waals surface area contributed by atoms with Crippen molar-refractivity contribution in [3.63, 3.8) is 0 Å². The number of ether oxygens (including phenoxy) is 1. The summed E-state index contributed by atoms with van der Waals surface area (Å²) in [6.45, 7) is 0. The highest BCUT2D eigenvalue weighted by atomic mass is 16.5. The molecule has 1 heterocycles. The van der Waals surface area contributed by atoms with Gasteiger partial charge in [-0.25, -0.2) is 0 Å². The number of carbonyl (C=O) groups excluding carboxylic acids is 2. The van der Waals surface area contributed by atoms with Crippen molar-refractivity contribution in [3.8, 4) is 22.8 Å². The van der Waals surface area contributed by atoms with Crippen LogP contribution in [-0.2, 0) is 0 Å². The summed E-state index contributed by atoms with van der Waals surface area (Å²) >= 11 is 0. The minimum Gasteiger partial charge on any atom is -0.507 e. The largest absolute Gasteiger partial charge is 0.507 e. The number of phenolic OH excluding ortho intramolecular Hbond substituents is 1. The average Bonchev–Trinajstić information content (AvgIpc) is 3.06. The van der Waals surface area contributed by atoms with Crippen molar-refractivity contribution in [1.82, 2.24) is 5.16 Å². The molecule has 1 aliphatic carbocycles. The molecule has 0 amide bonds. The van der Waals surface area contributed by atoms with E-state index in [1.807, 2.05) is 6.07 Å². The van der Waals surface area contributed by atoms with Gasteiger partial charge in [-0.05, 0) is 12.1 Å². The third-order valence-corrected chi connectivity index (χ3v) is 3.99. The van der Waals surface area contributed by atoms with Crippen LogP contribution in [0.4, 0.5) is 0 Å². The molecule has 0 bridgehead atoms. The van der Waals surface area contributed by atoms with Crippen LogP contribution in [0.2, 0.25) is 0 Å². The maximum absolute atomic E-state index is 13.0. The fourth-order valence-electron chi connectivity index (χ4n) is 2.89. The van der Waals surface area contributed by atoms with Crippen molar-refractivity contribution < 1.29 is 24.0 Å². The summed E-state index contributed by atoms with van der Waals surface area (Å²) in [7, 11) is 1.39. The normalized spacial score (nSPS) is 12.7. The van der Waals surface area contributed by atoms with Crippen LogP contribution in [-0.4, -0.2) is 28.9 Å². The number of fused-ring (bicyclic) bond motifs is 2. The molecule has 0 radical (unpaired) electrons. The lowest BCUT2D eigenvalue weighted by Crippen LogP contribution is -2.21. The number of rotatable bonds is 2. The maximum Gasteiger partial charge on any atom is 0.236 e. The van der Waals surface area contributed by atoms with E-state index in [1.54, 1.807) is 24.3 Å². The maximum atomic E-state index is 13.0. The summed E-state index contributed by atoms with van der Waals surface area (Å²) in [4.78, 5) is 25.7. The number of carbonyl (C=O) groups is 2. The molecule has 1 aromatic heterocycles. The number of benzene rings is 2. The molecule has 118 valence electrons. The first-order valence-electron chi connectivity index (χ1n) is 7.18. The monoisotopic (exact) mass is 321 g/mol. The van der Waals surface area contributed by atoms with Crippen molar-refractivity contribution in [2.45, 2.75) is 0 Å². The van der Waals surface area contributed by atoms with Crippen LogP contribution in [0.1, 0.15) is 32.0 Å². The van der Waals surface area contributed by atoms with Gasteiger partial charge < -0.3 is 14.4 Å². The van der Waals surface area contributed by atoms with Crippen molar-refractivity contribution >= 4 is 11.6 Å². The Balaban J connectivity index is 2.01. The fraction of sp³-hybridized carbons (Fsp3) is 0.0556. The molecule has 4 rings (SSSR count). The van der Waals surface area contributed by atoms with Gasteiger partial charge >= 0.3 is 0 Å². The van der Waals surface area contributed by atoms with Crippen molar-refractivity contribution in [3.05, 3.63) is 64.9 Å². The van der Waals surface area contributed by atoms with E-state index in [0.717, 1.165) is 0 Å². The van der Waals surface area contributed by atoms with Crippen LogP contribution in [0, 0.1) is 0 Å². The first-order chi connectivity index (χ1) is 11.6. The Kier molecular flexibility index (Phi) is 2.99. The summed E-state index contributed by atoms with van der Waals surface area (Å²) in [5, 5.41) is 13.9. The molecular weight excluding hydrogens is 310 g/mol. The second-order valence-electron chi connectivity index (χ2n) is 5.30. The molecule has 6 heteroatoms. The lowest BCUT2D eigenvalue weighted by molar-refractivity contribution is 0.0950. The summed E-state index contributed by atoms with van der Waals surface area (Å²) < 4.78 is 10.3. The molecule has 3 aromatic rings. The predicted molar refractivity (Wildman–Crippen MR) is 83.5 cm³/mol. The van der Waals surface area contributed by atoms with Crippen LogP contribution in [0.25, 0.3) is 11.3 Å². The van der Waals surface area contributed by atoms with Crippen LogP contribution in [0.3, 0.4) is 0 Å². The van der Waals surface area contributed by atoms with Gasteiger partial charge in [-0.1, -0.05) is 35.5 Å². The molecule has 24 heavy (non-hydrogen) atoms. The first kappa shape index (κ1) is 14.2. The number of nitrogens with zero attached hydrogens (tertiary/aromatic N) is 1. The van der Waals surface area contributed by atoms with E-state index in [2.05, 4.69) is 5.16 Å². The van der Waals surface area contributed by atoms with Crippen LogP contribution in [0.15, 0.2) is 47.0 Å². The zero-order valence-electron chi connectivity index (χ0n) is 12.6. The molecule has 0 saturated heterocycles. The molecule has 0 unspecified atom stereocenters. The van der Waals surface area contributed by atoms with Gasteiger partial charge in [0, 0.05) is 5.56 Å². The predicted octanol–water partition coefficient (Wildman–Crippen LogP) is 2.83. The molecule has 0 saturated carbocycles. The van der Waals surface area contributed by atoms with Gasteiger partial charge in [0.2, 0.25) is 17.3 Å². The Morgan fingerprint density at radius 3 is 2.42 bits per heavy atom. The highest BCUT2D eigenvalue weighted by molar-refractivity contribution is 6.30. The van der Waals surface area contributed by atoms with E-state index >= 15 is 0 Å². The van der Waals surface area contributed by atoms with Crippen molar-refractivity contribution in [2.24, 2.45) is 0 Å². The standard InChI is InChI=1S/C18H11NO5/c1-23-11-8-7-10(20)12-13(11)16(21)14-15(9-5-3-2-4-6-9)19-24-18(14)17(12)22/h2-8,20H,1H3. The van der Waals surface area contributed by atoms with Gasteiger partial charge in [-0.15, -0.1) is 0 Å². The third kappa shape index (κ3) is 1.80. The number of aromatic nitrogens is 1. The minimum atomic E-state index is -0.592. The Morgan fingerprint density at radius 2 is 1.71 bits per heavy atom. The van der Waals surface area contributed by atoms with E-state index in [0.29, 0.717) is 11.3 Å². The van der Waals surface area contributed by atoms with E-state index in [1.165, 1.54) is 19.2 Å². The highest BCUT2D eigenvalue weighted by Gasteiger charge is 2.40. The van der Waals surface area contributed by atoms with Gasteiger partial charge in [0.25, 0.3) is 0 Å². The molecule has 1 N–H and O–H groups in total. The molecule has 2 aromatic carbocycles. The first-order valence-corrected chi connectivity index (χ1v) is 7.18. The lowest BCUT2D eigenvalue weighted by atomic mass is 9.85. The summed E-state index contributed by atoms with van der Waals surface area (Å²) in [6, 6.07) is 11.7. The summed E-state index contributed by atoms with van der Waals surface area (Å²) in [5.41, 5.74) is 0.937. The van der Waals surface area contributed by atoms with E-state index in [-0.39, 0.29) is 33.9 Å². The third-order valence-electron chi connectivity index (χ3n) is 3.99. The van der Waals surface area contributed by atoms with Gasteiger partial charge in [0.1, 0.15) is 22.8 Å². The molecule has 0 fully saturated rings. The minimum absolute atomic E-state index is 0.0235. The Bertz CT molecular complexity index is 988. The molecule has 0 aliphatic heterocycles. The van der Waals surface area contributed by atoms with Gasteiger partial charge in [-0.2, -0.15) is 0 Å². The number of phenols is 1.